The Morgan fingerprint density at radius 3 is 2.64 bits per heavy atom. The average molecular weight is 338 g/mol. The van der Waals surface area contributed by atoms with E-state index in [-0.39, 0.29) is 12.3 Å². The molecule has 0 radical (unpaired) electrons. The third kappa shape index (κ3) is 4.75. The van der Waals surface area contributed by atoms with Crippen molar-refractivity contribution in [3.05, 3.63) is 57.2 Å². The van der Waals surface area contributed by atoms with Gasteiger partial charge in [0.05, 0.1) is 12.5 Å². The smallest absolute Gasteiger partial charge is 0.312 e. The number of thiophene rings is 1. The molecule has 1 aromatic heterocycles. The van der Waals surface area contributed by atoms with Crippen molar-refractivity contribution < 1.29 is 9.59 Å². The van der Waals surface area contributed by atoms with Crippen LogP contribution >= 0.6 is 22.9 Å². The molecule has 4 N–H and O–H groups in total. The molecule has 0 aliphatic carbocycles. The van der Waals surface area contributed by atoms with Gasteiger partial charge < -0.3 is 16.4 Å². The summed E-state index contributed by atoms with van der Waals surface area (Å²) in [6, 6.07) is 9.94. The van der Waals surface area contributed by atoms with Gasteiger partial charge in [0, 0.05) is 16.4 Å². The van der Waals surface area contributed by atoms with Crippen LogP contribution in [0.2, 0.25) is 5.02 Å². The zero-order valence-electron chi connectivity index (χ0n) is 11.7. The normalized spacial score (nSPS) is 11.7. The van der Waals surface area contributed by atoms with Gasteiger partial charge in [0.25, 0.3) is 0 Å². The second-order valence-electron chi connectivity index (χ2n) is 4.65. The fraction of sp³-hybridized carbons (Fsp3) is 0.200. The summed E-state index contributed by atoms with van der Waals surface area (Å²) in [5.74, 6) is -0.188. The number of benzene rings is 1. The zero-order chi connectivity index (χ0) is 15.9. The maximum Gasteiger partial charge on any atom is 0.312 e. The van der Waals surface area contributed by atoms with Crippen LogP contribution in [0.15, 0.2) is 41.8 Å². The van der Waals surface area contributed by atoms with Gasteiger partial charge in [0.15, 0.2) is 0 Å². The van der Waals surface area contributed by atoms with Crippen LogP contribution in [0.3, 0.4) is 0 Å². The van der Waals surface area contributed by atoms with E-state index in [1.165, 1.54) is 11.3 Å². The number of amides is 3. The first-order chi connectivity index (χ1) is 10.6. The minimum Gasteiger partial charge on any atom is -0.352 e. The van der Waals surface area contributed by atoms with E-state index in [0.717, 1.165) is 10.4 Å². The predicted octanol–water partition coefficient (Wildman–Crippen LogP) is 2.82. The van der Waals surface area contributed by atoms with Crippen molar-refractivity contribution in [2.45, 2.75) is 19.0 Å². The van der Waals surface area contributed by atoms with E-state index in [0.29, 0.717) is 11.6 Å². The Morgan fingerprint density at radius 1 is 1.23 bits per heavy atom. The fourth-order valence-corrected chi connectivity index (χ4v) is 2.96. The first-order valence-electron chi connectivity index (χ1n) is 6.65. The van der Waals surface area contributed by atoms with Gasteiger partial charge in [-0.05, 0) is 23.1 Å². The molecule has 0 spiro atoms. The molecule has 1 heterocycles. The molecule has 2 aromatic rings. The summed E-state index contributed by atoms with van der Waals surface area (Å²) in [7, 11) is 0. The van der Waals surface area contributed by atoms with Crippen LogP contribution in [0.25, 0.3) is 0 Å². The molecule has 0 saturated carbocycles. The number of hydrogen-bond acceptors (Lipinski definition) is 3. The van der Waals surface area contributed by atoms with Gasteiger partial charge in [-0.3, -0.25) is 4.79 Å². The van der Waals surface area contributed by atoms with Crippen molar-refractivity contribution >= 4 is 34.9 Å². The maximum atomic E-state index is 12.1. The van der Waals surface area contributed by atoms with E-state index in [1.54, 1.807) is 6.07 Å². The largest absolute Gasteiger partial charge is 0.352 e. The third-order valence-corrected chi connectivity index (χ3v) is 4.38. The van der Waals surface area contributed by atoms with Crippen LogP contribution in [-0.4, -0.2) is 11.9 Å². The molecule has 0 unspecified atom stereocenters. The molecule has 1 atom stereocenters. The summed E-state index contributed by atoms with van der Waals surface area (Å²) < 4.78 is 0. The highest BCUT2D eigenvalue weighted by Crippen LogP contribution is 2.22. The second-order valence-corrected chi connectivity index (χ2v) is 6.04. The minimum atomic E-state index is -0.655. The molecule has 22 heavy (non-hydrogen) atoms. The molecule has 0 aliphatic rings. The number of carbonyl (C=O) groups is 2. The number of urea groups is 1. The second kappa shape index (κ2) is 7.82. The van der Waals surface area contributed by atoms with E-state index < -0.39 is 12.1 Å². The highest BCUT2D eigenvalue weighted by atomic mass is 35.5. The summed E-state index contributed by atoms with van der Waals surface area (Å²) in [4.78, 5) is 24.0. The predicted molar refractivity (Wildman–Crippen MR) is 87.7 cm³/mol. The number of hydrogen-bond donors (Lipinski definition) is 3. The lowest BCUT2D eigenvalue weighted by molar-refractivity contribution is -0.121. The number of rotatable bonds is 6. The minimum absolute atomic E-state index is 0.119. The lowest BCUT2D eigenvalue weighted by atomic mass is 10.1. The van der Waals surface area contributed by atoms with Crippen LogP contribution in [0.4, 0.5) is 4.79 Å². The Hall–Kier alpha value is -2.05. The van der Waals surface area contributed by atoms with Gasteiger partial charge in [-0.15, -0.1) is 11.3 Å². The van der Waals surface area contributed by atoms with E-state index in [1.807, 2.05) is 35.7 Å². The quantitative estimate of drug-likeness (QED) is 0.757. The van der Waals surface area contributed by atoms with Crippen molar-refractivity contribution in [2.24, 2.45) is 5.73 Å². The molecule has 0 fully saturated rings. The topological polar surface area (TPSA) is 84.2 Å². The van der Waals surface area contributed by atoms with Gasteiger partial charge >= 0.3 is 6.03 Å². The average Bonchev–Trinajstić information content (AvgIpc) is 2.99. The summed E-state index contributed by atoms with van der Waals surface area (Å²) >= 11 is 7.50. The Kier molecular flexibility index (Phi) is 5.80. The lowest BCUT2D eigenvalue weighted by Crippen LogP contribution is -2.36. The first-order valence-corrected chi connectivity index (χ1v) is 7.91. The van der Waals surface area contributed by atoms with Gasteiger partial charge in [0.1, 0.15) is 0 Å². The van der Waals surface area contributed by atoms with Crippen molar-refractivity contribution in [3.63, 3.8) is 0 Å². The van der Waals surface area contributed by atoms with Gasteiger partial charge in [-0.2, -0.15) is 0 Å². The van der Waals surface area contributed by atoms with E-state index in [4.69, 9.17) is 17.3 Å². The summed E-state index contributed by atoms with van der Waals surface area (Å²) in [5, 5.41) is 7.87. The van der Waals surface area contributed by atoms with Gasteiger partial charge in [-0.25, -0.2) is 4.79 Å². The number of carbonyl (C=O) groups excluding carboxylic acids is 2. The summed E-state index contributed by atoms with van der Waals surface area (Å²) in [6.45, 7) is 0.340. The summed E-state index contributed by atoms with van der Waals surface area (Å²) in [5.41, 5.74) is 6.01. The molecule has 5 nitrogen and oxygen atoms in total. The van der Waals surface area contributed by atoms with Gasteiger partial charge in [0.2, 0.25) is 5.91 Å². The molecular weight excluding hydrogens is 322 g/mol. The molecule has 0 aliphatic heterocycles. The van der Waals surface area contributed by atoms with Crippen molar-refractivity contribution in [2.75, 3.05) is 0 Å². The molecule has 0 saturated heterocycles. The van der Waals surface area contributed by atoms with Crippen LogP contribution < -0.4 is 16.4 Å². The van der Waals surface area contributed by atoms with E-state index in [9.17, 15) is 9.59 Å². The summed E-state index contributed by atoms with van der Waals surface area (Å²) in [6.07, 6.45) is 0.119. The highest BCUT2D eigenvalue weighted by Gasteiger charge is 2.18. The van der Waals surface area contributed by atoms with Crippen LogP contribution in [0.1, 0.15) is 22.9 Å². The van der Waals surface area contributed by atoms with Crippen molar-refractivity contribution in [3.8, 4) is 0 Å². The van der Waals surface area contributed by atoms with Crippen LogP contribution in [-0.2, 0) is 11.3 Å². The SMILES string of the molecule is NC(=O)N[C@H](CC(=O)NCc1ccccc1Cl)c1cccs1. The molecular formula is C15H16ClN3O2S. The Labute approximate surface area is 137 Å². The van der Waals surface area contributed by atoms with E-state index >= 15 is 0 Å². The third-order valence-electron chi connectivity index (χ3n) is 3.03. The van der Waals surface area contributed by atoms with Crippen molar-refractivity contribution in [1.29, 1.82) is 0 Å². The Balaban J connectivity index is 1.94. The number of primary amides is 1. The fourth-order valence-electron chi connectivity index (χ4n) is 1.98. The van der Waals surface area contributed by atoms with E-state index in [2.05, 4.69) is 10.6 Å². The first kappa shape index (κ1) is 16.3. The molecule has 1 aromatic carbocycles. The lowest BCUT2D eigenvalue weighted by Gasteiger charge is -2.16. The molecule has 2 rings (SSSR count). The number of nitrogens with two attached hydrogens (primary N) is 1. The van der Waals surface area contributed by atoms with Crippen molar-refractivity contribution in [1.82, 2.24) is 10.6 Å². The molecule has 3 amide bonds. The zero-order valence-corrected chi connectivity index (χ0v) is 13.3. The number of nitrogens with one attached hydrogen (secondary N) is 2. The van der Waals surface area contributed by atoms with Crippen LogP contribution in [0.5, 0.6) is 0 Å². The standard InChI is InChI=1S/C15H16ClN3O2S/c16-11-5-2-1-4-10(11)9-18-14(20)8-12(19-15(17)21)13-6-3-7-22-13/h1-7,12H,8-9H2,(H,18,20)(H3,17,19,21)/t12-/m1/s1. The maximum absolute atomic E-state index is 12.1. The molecule has 7 heteroatoms. The van der Waals surface area contributed by atoms with Gasteiger partial charge in [-0.1, -0.05) is 35.9 Å². The molecule has 116 valence electrons. The molecule has 0 bridgehead atoms. The Bertz CT molecular complexity index is 646. The van der Waals surface area contributed by atoms with Crippen LogP contribution in [0, 0.1) is 0 Å². The Morgan fingerprint density at radius 2 is 2.00 bits per heavy atom. The number of halogens is 1. The monoisotopic (exact) mass is 337 g/mol. The highest BCUT2D eigenvalue weighted by molar-refractivity contribution is 7.10.